The molecule has 3 aliphatic heterocycles. The van der Waals surface area contributed by atoms with Crippen molar-refractivity contribution in [3.63, 3.8) is 0 Å². The third-order valence-electron chi connectivity index (χ3n) is 9.73. The van der Waals surface area contributed by atoms with Gasteiger partial charge < -0.3 is 14.8 Å². The number of carbonyl (C=O) groups excluding carboxylic acids is 1. The zero-order valence-corrected chi connectivity index (χ0v) is 26.6. The van der Waals surface area contributed by atoms with Gasteiger partial charge in [-0.15, -0.1) is 0 Å². The first-order valence-electron chi connectivity index (χ1n) is 15.8. The van der Waals surface area contributed by atoms with E-state index in [1.54, 1.807) is 0 Å². The van der Waals surface area contributed by atoms with Gasteiger partial charge in [-0.3, -0.25) is 0 Å². The van der Waals surface area contributed by atoms with Gasteiger partial charge in [0.2, 0.25) is 0 Å². The predicted octanol–water partition coefficient (Wildman–Crippen LogP) is 6.58. The number of carboxylic acid groups (broad SMARTS) is 1. The van der Waals surface area contributed by atoms with E-state index in [0.29, 0.717) is 11.1 Å². The van der Waals surface area contributed by atoms with Crippen LogP contribution in [-0.2, 0) is 0 Å². The number of halogens is 3. The largest absolute Gasteiger partial charge is 0.545 e. The van der Waals surface area contributed by atoms with Gasteiger partial charge in [-0.05, 0) is 76.5 Å². The molecule has 0 unspecified atom stereocenters. The lowest BCUT2D eigenvalue weighted by Crippen LogP contribution is -2.50. The standard InChI is InChI=1S/C34H36F3N5O2Si/c1-45(2)25-19-21(41-15-7-3-4-8-16-41)11-13-23(25)27(24-14-12-22(20-26(24)45)42-17-9-5-6-10-18-42)28-29(34(43)44)30(35)32(37)33(31(28)36)39-40-38/h11-14,19-20H,3-10,15-18H2,1-2H3. The fraction of sp³-hybridized carbons (Fsp3) is 0.412. The van der Waals surface area contributed by atoms with Gasteiger partial charge in [0.25, 0.3) is 0 Å². The number of hydrogen-bond acceptors (Lipinski definition) is 4. The number of hydrogen-bond donors (Lipinski definition) is 0. The van der Waals surface area contributed by atoms with Crippen LogP contribution >= 0.6 is 0 Å². The number of fused-ring (bicyclic) bond motifs is 2. The van der Waals surface area contributed by atoms with Crippen molar-refractivity contribution in [1.29, 1.82) is 0 Å². The Kier molecular flexibility index (Phi) is 8.50. The summed E-state index contributed by atoms with van der Waals surface area (Å²) in [5.41, 5.74) is 9.22. The maximum atomic E-state index is 16.3. The molecule has 0 radical (unpaired) electrons. The Bertz CT molecular complexity index is 1750. The van der Waals surface area contributed by atoms with Crippen LogP contribution in [0.5, 0.6) is 0 Å². The van der Waals surface area contributed by atoms with Crippen molar-refractivity contribution < 1.29 is 27.6 Å². The van der Waals surface area contributed by atoms with Crippen LogP contribution in [0.1, 0.15) is 72.9 Å². The van der Waals surface area contributed by atoms with Crippen LogP contribution in [0.25, 0.3) is 16.0 Å². The fourth-order valence-corrected chi connectivity index (χ4v) is 10.4. The number of carbonyl (C=O) groups is 1. The number of anilines is 1. The molecule has 3 heterocycles. The van der Waals surface area contributed by atoms with Crippen molar-refractivity contribution in [2.24, 2.45) is 5.11 Å². The van der Waals surface area contributed by atoms with Crippen LogP contribution < -0.4 is 15.2 Å². The lowest BCUT2D eigenvalue weighted by Gasteiger charge is -2.39. The molecule has 6 rings (SSSR count). The molecule has 0 atom stereocenters. The first-order valence-corrected chi connectivity index (χ1v) is 18.8. The Morgan fingerprint density at radius 3 is 2.27 bits per heavy atom. The van der Waals surface area contributed by atoms with E-state index in [-0.39, 0.29) is 5.57 Å². The molecule has 7 nitrogen and oxygen atoms in total. The predicted molar refractivity (Wildman–Crippen MR) is 170 cm³/mol. The lowest BCUT2D eigenvalue weighted by atomic mass is 9.86. The second-order valence-corrected chi connectivity index (χ2v) is 17.1. The van der Waals surface area contributed by atoms with Gasteiger partial charge in [0.05, 0.1) is 5.97 Å². The van der Waals surface area contributed by atoms with Crippen molar-refractivity contribution in [3.05, 3.63) is 91.8 Å². The number of benzene rings is 2. The molecule has 0 saturated carbocycles. The monoisotopic (exact) mass is 631 g/mol. The fourth-order valence-electron chi connectivity index (χ4n) is 7.35. The maximum absolute atomic E-state index is 16.3. The first-order chi connectivity index (χ1) is 21.6. The van der Waals surface area contributed by atoms with Crippen molar-refractivity contribution in [2.45, 2.75) is 64.5 Å². The minimum atomic E-state index is -2.55. The van der Waals surface area contributed by atoms with Crippen molar-refractivity contribution in [1.82, 2.24) is 0 Å². The third kappa shape index (κ3) is 5.42. The molecule has 2 aromatic carbocycles. The second kappa shape index (κ2) is 12.4. The topological polar surface area (TPSA) is 95.1 Å². The zero-order chi connectivity index (χ0) is 31.9. The summed E-state index contributed by atoms with van der Waals surface area (Å²) < 4.78 is 49.1. The van der Waals surface area contributed by atoms with Gasteiger partial charge in [0, 0.05) is 59.8 Å². The smallest absolute Gasteiger partial charge is 0.199 e. The van der Waals surface area contributed by atoms with Gasteiger partial charge in [0.1, 0.15) is 32.7 Å². The van der Waals surface area contributed by atoms with E-state index in [1.165, 1.54) is 25.7 Å². The van der Waals surface area contributed by atoms with Crippen LogP contribution in [0, 0.1) is 17.5 Å². The highest BCUT2D eigenvalue weighted by atomic mass is 28.3. The number of azide groups is 1. The van der Waals surface area contributed by atoms with Crippen LogP contribution in [0.15, 0.2) is 52.3 Å². The molecule has 45 heavy (non-hydrogen) atoms. The third-order valence-corrected chi connectivity index (χ3v) is 13.3. The van der Waals surface area contributed by atoms with Gasteiger partial charge in [-0.1, -0.05) is 37.1 Å². The van der Waals surface area contributed by atoms with Crippen molar-refractivity contribution in [2.75, 3.05) is 31.1 Å². The Morgan fingerprint density at radius 2 is 1.62 bits per heavy atom. The molecule has 2 fully saturated rings. The molecule has 0 spiro atoms. The highest BCUT2D eigenvalue weighted by Gasteiger charge is 2.42. The molecule has 4 aliphatic rings. The van der Waals surface area contributed by atoms with Crippen LogP contribution in [0.3, 0.4) is 0 Å². The van der Waals surface area contributed by atoms with E-state index in [4.69, 9.17) is 5.53 Å². The summed E-state index contributed by atoms with van der Waals surface area (Å²) in [4.78, 5) is 17.2. The van der Waals surface area contributed by atoms with Gasteiger partial charge in [0.15, 0.2) is 17.3 Å². The van der Waals surface area contributed by atoms with Crippen molar-refractivity contribution >= 4 is 41.9 Å². The minimum Gasteiger partial charge on any atom is -0.545 e. The molecule has 0 bridgehead atoms. The molecule has 2 aromatic rings. The summed E-state index contributed by atoms with van der Waals surface area (Å²) in [5.74, 6) is -7.19. The van der Waals surface area contributed by atoms with Gasteiger partial charge in [-0.2, -0.15) is 0 Å². The molecule has 234 valence electrons. The van der Waals surface area contributed by atoms with Crippen LogP contribution in [0.2, 0.25) is 13.1 Å². The van der Waals surface area contributed by atoms with Crippen LogP contribution in [-0.4, -0.2) is 50.5 Å². The number of aromatic carboxylic acids is 1. The molecule has 1 aliphatic carbocycles. The summed E-state index contributed by atoms with van der Waals surface area (Å²) in [6, 6.07) is 5.91. The molecule has 0 aromatic heterocycles. The number of rotatable bonds is 4. The summed E-state index contributed by atoms with van der Waals surface area (Å²) in [5, 5.41) is 17.4. The molecular weight excluding hydrogens is 595 g/mol. The Labute approximate surface area is 261 Å². The average Bonchev–Trinajstić information content (AvgIpc) is 3.48. The first kappa shape index (κ1) is 30.9. The molecule has 0 amide bonds. The minimum absolute atomic E-state index is 0.127. The summed E-state index contributed by atoms with van der Waals surface area (Å²) in [6.07, 6.45) is 14.9. The Morgan fingerprint density at radius 1 is 0.956 bits per heavy atom. The number of allylic oxidation sites excluding steroid dienone is 5. The van der Waals surface area contributed by atoms with E-state index in [0.717, 1.165) is 73.6 Å². The number of nitrogens with zero attached hydrogens (tertiary/aromatic N) is 5. The van der Waals surface area contributed by atoms with E-state index < -0.39 is 48.3 Å². The van der Waals surface area contributed by atoms with Crippen LogP contribution in [0.4, 0.5) is 24.5 Å². The Balaban J connectivity index is 1.68. The summed E-state index contributed by atoms with van der Waals surface area (Å²) in [6.45, 7) is 8.08. The SMILES string of the molecule is C[Si]1(C)C2=CC(=[N+]3CCCCCC3)C=CC2=C(c2c(F)c(N=[N+]=[N-])c(F)c(F)c2C(=O)[O-])c2ccc(N3CCCCCC3)cc21. The highest BCUT2D eigenvalue weighted by molar-refractivity contribution is 6.98. The second-order valence-electron chi connectivity index (χ2n) is 12.8. The van der Waals surface area contributed by atoms with E-state index in [9.17, 15) is 14.3 Å². The van der Waals surface area contributed by atoms with E-state index in [2.05, 4.69) is 44.7 Å². The summed E-state index contributed by atoms with van der Waals surface area (Å²) >= 11 is 0. The Hall–Kier alpha value is -4.08. The number of carboxylic acids is 1. The van der Waals surface area contributed by atoms with Crippen molar-refractivity contribution in [3.8, 4) is 0 Å². The highest BCUT2D eigenvalue weighted by Crippen LogP contribution is 2.46. The normalized spacial score (nSPS) is 19.7. The molecular formula is C34H36F3N5O2Si. The molecule has 0 N–H and O–H groups in total. The zero-order valence-electron chi connectivity index (χ0n) is 25.6. The summed E-state index contributed by atoms with van der Waals surface area (Å²) in [7, 11) is -2.55. The molecule has 11 heteroatoms. The van der Waals surface area contributed by atoms with Gasteiger partial charge >= 0.3 is 0 Å². The maximum Gasteiger partial charge on any atom is 0.199 e. The van der Waals surface area contributed by atoms with E-state index >= 15 is 8.78 Å². The average molecular weight is 632 g/mol. The lowest BCUT2D eigenvalue weighted by molar-refractivity contribution is -0.524. The quantitative estimate of drug-likeness (QED) is 0.0952. The van der Waals surface area contributed by atoms with Gasteiger partial charge in [-0.25, -0.2) is 17.7 Å². The molecule has 2 saturated heterocycles. The van der Waals surface area contributed by atoms with E-state index in [1.807, 2.05) is 24.3 Å².